The van der Waals surface area contributed by atoms with Gasteiger partial charge < -0.3 is 20.5 Å². The van der Waals surface area contributed by atoms with Gasteiger partial charge in [-0.1, -0.05) is 18.0 Å². The Labute approximate surface area is 124 Å². The van der Waals surface area contributed by atoms with Crippen LogP contribution in [0.5, 0.6) is 11.5 Å². The molecule has 0 aliphatic carbocycles. The summed E-state index contributed by atoms with van der Waals surface area (Å²) in [7, 11) is 3.06. The Morgan fingerprint density at radius 1 is 1.20 bits per heavy atom. The monoisotopic (exact) mass is 300 g/mol. The number of rotatable bonds is 8. The number of methoxy groups -OCH3 is 2. The highest BCUT2D eigenvalue weighted by Gasteiger charge is 2.12. The van der Waals surface area contributed by atoms with E-state index >= 15 is 0 Å². The lowest BCUT2D eigenvalue weighted by Crippen LogP contribution is -2.12. The molecule has 0 radical (unpaired) electrons. The van der Waals surface area contributed by atoms with Crippen molar-refractivity contribution in [3.63, 3.8) is 0 Å². The highest BCUT2D eigenvalue weighted by Crippen LogP contribution is 2.36. The summed E-state index contributed by atoms with van der Waals surface area (Å²) >= 11 is 6.10. The van der Waals surface area contributed by atoms with Gasteiger partial charge in [0.15, 0.2) is 11.5 Å². The van der Waals surface area contributed by atoms with Crippen molar-refractivity contribution >= 4 is 23.2 Å². The molecule has 1 aromatic carbocycles. The number of nitrogens with two attached hydrogens (primary N) is 1. The summed E-state index contributed by atoms with van der Waals surface area (Å²) in [4.78, 5) is 11.8. The van der Waals surface area contributed by atoms with Crippen LogP contribution in [0.3, 0.4) is 0 Å². The van der Waals surface area contributed by atoms with Gasteiger partial charge in [0.05, 0.1) is 24.9 Å². The number of halogens is 1. The first-order valence-electron chi connectivity index (χ1n) is 6.53. The molecule has 0 atom stereocenters. The van der Waals surface area contributed by atoms with Gasteiger partial charge in [-0.15, -0.1) is 0 Å². The van der Waals surface area contributed by atoms with E-state index in [0.717, 1.165) is 19.3 Å². The summed E-state index contributed by atoms with van der Waals surface area (Å²) in [6.45, 7) is 0.656. The zero-order valence-corrected chi connectivity index (χ0v) is 12.6. The molecule has 0 bridgehead atoms. The van der Waals surface area contributed by atoms with Crippen molar-refractivity contribution in [3.05, 3.63) is 17.2 Å². The SMILES string of the molecule is COc1cc(Cl)c(NC(=O)CCCCCN)cc1OC. The van der Waals surface area contributed by atoms with E-state index in [-0.39, 0.29) is 5.91 Å². The second-order valence-corrected chi connectivity index (χ2v) is 4.74. The standard InChI is InChI=1S/C14H21ClN2O3/c1-19-12-8-10(15)11(9-13(12)20-2)17-14(18)6-4-3-5-7-16/h8-9H,3-7,16H2,1-2H3,(H,17,18). The van der Waals surface area contributed by atoms with E-state index in [1.54, 1.807) is 12.1 Å². The van der Waals surface area contributed by atoms with Gasteiger partial charge in [-0.05, 0) is 19.4 Å². The Morgan fingerprint density at radius 3 is 2.45 bits per heavy atom. The average Bonchev–Trinajstić information content (AvgIpc) is 2.45. The van der Waals surface area contributed by atoms with Crippen LogP contribution in [0.4, 0.5) is 5.69 Å². The van der Waals surface area contributed by atoms with Crippen LogP contribution in [0, 0.1) is 0 Å². The Hall–Kier alpha value is -1.46. The number of hydrogen-bond acceptors (Lipinski definition) is 4. The third-order valence-electron chi connectivity index (χ3n) is 2.86. The van der Waals surface area contributed by atoms with E-state index < -0.39 is 0 Å². The molecule has 1 aromatic rings. The molecule has 0 spiro atoms. The average molecular weight is 301 g/mol. The normalized spacial score (nSPS) is 10.2. The fourth-order valence-corrected chi connectivity index (χ4v) is 1.97. The van der Waals surface area contributed by atoms with Crippen molar-refractivity contribution in [1.82, 2.24) is 0 Å². The summed E-state index contributed by atoms with van der Waals surface area (Å²) in [6, 6.07) is 3.27. The first-order valence-corrected chi connectivity index (χ1v) is 6.91. The molecule has 0 saturated heterocycles. The minimum Gasteiger partial charge on any atom is -0.493 e. The molecule has 0 heterocycles. The highest BCUT2D eigenvalue weighted by atomic mass is 35.5. The summed E-state index contributed by atoms with van der Waals surface area (Å²) in [5.41, 5.74) is 5.93. The first kappa shape index (κ1) is 16.6. The van der Waals surface area contributed by atoms with Gasteiger partial charge in [0.1, 0.15) is 0 Å². The molecule has 0 fully saturated rings. The van der Waals surface area contributed by atoms with Crippen LogP contribution < -0.4 is 20.5 Å². The van der Waals surface area contributed by atoms with Crippen molar-refractivity contribution in [2.75, 3.05) is 26.1 Å². The highest BCUT2D eigenvalue weighted by molar-refractivity contribution is 6.34. The molecule has 0 saturated carbocycles. The zero-order valence-electron chi connectivity index (χ0n) is 11.9. The van der Waals surface area contributed by atoms with Crippen LogP contribution >= 0.6 is 11.6 Å². The molecule has 20 heavy (non-hydrogen) atoms. The molecule has 1 amide bonds. The molecule has 1 rings (SSSR count). The molecule has 0 aromatic heterocycles. The minimum atomic E-state index is -0.0730. The summed E-state index contributed by atoms with van der Waals surface area (Å²) in [5, 5.41) is 3.19. The first-order chi connectivity index (χ1) is 9.62. The van der Waals surface area contributed by atoms with Crippen LogP contribution in [0.25, 0.3) is 0 Å². The Bertz CT molecular complexity index is 452. The van der Waals surface area contributed by atoms with Crippen molar-refractivity contribution in [2.24, 2.45) is 5.73 Å². The van der Waals surface area contributed by atoms with Gasteiger partial charge in [0.2, 0.25) is 5.91 Å². The van der Waals surface area contributed by atoms with E-state index in [1.165, 1.54) is 14.2 Å². The number of carbonyl (C=O) groups excluding carboxylic acids is 1. The molecule has 0 aliphatic rings. The number of carbonyl (C=O) groups is 1. The quantitative estimate of drug-likeness (QED) is 0.724. The predicted molar refractivity (Wildman–Crippen MR) is 80.7 cm³/mol. The topological polar surface area (TPSA) is 73.6 Å². The van der Waals surface area contributed by atoms with Gasteiger partial charge >= 0.3 is 0 Å². The van der Waals surface area contributed by atoms with E-state index in [0.29, 0.717) is 35.2 Å². The summed E-state index contributed by atoms with van der Waals surface area (Å²) < 4.78 is 10.3. The Kier molecular flexibility index (Phi) is 7.18. The lowest BCUT2D eigenvalue weighted by atomic mass is 10.2. The molecule has 3 N–H and O–H groups in total. The molecule has 0 unspecified atom stereocenters. The third kappa shape index (κ3) is 4.90. The second-order valence-electron chi connectivity index (χ2n) is 4.33. The van der Waals surface area contributed by atoms with Gasteiger partial charge in [-0.25, -0.2) is 0 Å². The second kappa shape index (κ2) is 8.66. The molecule has 112 valence electrons. The summed E-state index contributed by atoms with van der Waals surface area (Å²) in [6.07, 6.45) is 3.15. The van der Waals surface area contributed by atoms with Crippen molar-refractivity contribution < 1.29 is 14.3 Å². The Balaban J connectivity index is 2.65. The predicted octanol–water partition coefficient (Wildman–Crippen LogP) is 2.81. The zero-order chi connectivity index (χ0) is 15.0. The maximum absolute atomic E-state index is 11.8. The number of anilines is 1. The van der Waals surface area contributed by atoms with Gasteiger partial charge in [0, 0.05) is 18.6 Å². The molecule has 6 heteroatoms. The third-order valence-corrected chi connectivity index (χ3v) is 3.17. The largest absolute Gasteiger partial charge is 0.493 e. The van der Waals surface area contributed by atoms with E-state index in [1.807, 2.05) is 0 Å². The lowest BCUT2D eigenvalue weighted by molar-refractivity contribution is -0.116. The van der Waals surface area contributed by atoms with Gasteiger partial charge in [0.25, 0.3) is 0 Å². The van der Waals surface area contributed by atoms with Crippen molar-refractivity contribution in [2.45, 2.75) is 25.7 Å². The van der Waals surface area contributed by atoms with E-state index in [9.17, 15) is 4.79 Å². The lowest BCUT2D eigenvalue weighted by Gasteiger charge is -2.12. The van der Waals surface area contributed by atoms with Gasteiger partial charge in [-0.3, -0.25) is 4.79 Å². The van der Waals surface area contributed by atoms with Crippen molar-refractivity contribution in [1.29, 1.82) is 0 Å². The van der Waals surface area contributed by atoms with E-state index in [2.05, 4.69) is 5.32 Å². The fraction of sp³-hybridized carbons (Fsp3) is 0.500. The maximum atomic E-state index is 11.8. The van der Waals surface area contributed by atoms with Crippen LogP contribution in [-0.2, 0) is 4.79 Å². The Morgan fingerprint density at radius 2 is 1.85 bits per heavy atom. The smallest absolute Gasteiger partial charge is 0.224 e. The number of unbranched alkanes of at least 4 members (excludes halogenated alkanes) is 2. The van der Waals surface area contributed by atoms with Crippen LogP contribution in [0.2, 0.25) is 5.02 Å². The number of benzene rings is 1. The minimum absolute atomic E-state index is 0.0730. The molecular weight excluding hydrogens is 280 g/mol. The number of ether oxygens (including phenoxy) is 2. The fourth-order valence-electron chi connectivity index (χ4n) is 1.77. The molecule has 0 aliphatic heterocycles. The van der Waals surface area contributed by atoms with Crippen LogP contribution in [0.15, 0.2) is 12.1 Å². The summed E-state index contributed by atoms with van der Waals surface area (Å²) in [5.74, 6) is 0.977. The van der Waals surface area contributed by atoms with Crippen molar-refractivity contribution in [3.8, 4) is 11.5 Å². The number of nitrogens with one attached hydrogen (secondary N) is 1. The maximum Gasteiger partial charge on any atom is 0.224 e. The number of hydrogen-bond donors (Lipinski definition) is 2. The molecule has 5 nitrogen and oxygen atoms in total. The van der Waals surface area contributed by atoms with Crippen LogP contribution in [-0.4, -0.2) is 26.7 Å². The number of amides is 1. The van der Waals surface area contributed by atoms with Gasteiger partial charge in [-0.2, -0.15) is 0 Å². The van der Waals surface area contributed by atoms with E-state index in [4.69, 9.17) is 26.8 Å². The van der Waals surface area contributed by atoms with Crippen LogP contribution in [0.1, 0.15) is 25.7 Å². The molecular formula is C14H21ClN2O3.